The average Bonchev–Trinajstić information content (AvgIpc) is 3.12. The van der Waals surface area contributed by atoms with E-state index < -0.39 is 9.84 Å². The second kappa shape index (κ2) is 6.09. The highest BCUT2D eigenvalue weighted by molar-refractivity contribution is 7.91. The first-order chi connectivity index (χ1) is 9.02. The van der Waals surface area contributed by atoms with E-state index in [0.29, 0.717) is 32.2 Å². The second-order valence-corrected chi connectivity index (χ2v) is 7.60. The molecule has 0 aromatic rings. The molecule has 0 spiro atoms. The summed E-state index contributed by atoms with van der Waals surface area (Å²) in [6.07, 6.45) is 2.76. The van der Waals surface area contributed by atoms with Gasteiger partial charge in [0.25, 0.3) is 0 Å². The number of hydrogen-bond donors (Lipinski definition) is 1. The molecular formula is C12H22N2O4S. The zero-order chi connectivity index (χ0) is 13.9. The average molecular weight is 290 g/mol. The summed E-state index contributed by atoms with van der Waals surface area (Å²) in [5.41, 5.74) is 0. The molecule has 110 valence electrons. The summed E-state index contributed by atoms with van der Waals surface area (Å²) in [4.78, 5) is 13.9. The van der Waals surface area contributed by atoms with Crippen molar-refractivity contribution in [3.05, 3.63) is 0 Å². The summed E-state index contributed by atoms with van der Waals surface area (Å²) < 4.78 is 27.7. The Morgan fingerprint density at radius 3 is 2.63 bits per heavy atom. The fourth-order valence-electron chi connectivity index (χ4n) is 2.39. The predicted octanol–water partition coefficient (Wildman–Crippen LogP) is 0.242. The van der Waals surface area contributed by atoms with Crippen LogP contribution in [0.25, 0.3) is 0 Å². The Kier molecular flexibility index (Phi) is 4.67. The Labute approximate surface area is 114 Å². The van der Waals surface area contributed by atoms with E-state index in [2.05, 4.69) is 5.32 Å². The molecule has 1 N–H and O–H groups in total. The van der Waals surface area contributed by atoms with Gasteiger partial charge in [0, 0.05) is 26.2 Å². The Morgan fingerprint density at radius 1 is 1.37 bits per heavy atom. The van der Waals surface area contributed by atoms with Crippen LogP contribution in [0.5, 0.6) is 0 Å². The van der Waals surface area contributed by atoms with Crippen LogP contribution in [-0.4, -0.2) is 63.7 Å². The van der Waals surface area contributed by atoms with Crippen LogP contribution in [0.4, 0.5) is 4.79 Å². The maximum absolute atomic E-state index is 12.1. The molecule has 6 nitrogen and oxygen atoms in total. The zero-order valence-corrected chi connectivity index (χ0v) is 12.1. The third-order valence-corrected chi connectivity index (χ3v) is 5.49. The number of nitrogens with one attached hydrogen (secondary N) is 1. The first kappa shape index (κ1) is 14.6. The molecule has 2 fully saturated rings. The van der Waals surface area contributed by atoms with Crippen molar-refractivity contribution in [3.8, 4) is 0 Å². The zero-order valence-electron chi connectivity index (χ0n) is 11.3. The van der Waals surface area contributed by atoms with E-state index in [1.54, 1.807) is 12.0 Å². The van der Waals surface area contributed by atoms with Gasteiger partial charge in [-0.3, -0.25) is 0 Å². The standard InChI is InChI=1S/C12H22N2O4S/c1-18-6-5-14(11-2-3-11)12(15)13-8-10-4-7-19(16,17)9-10/h10-11H,2-9H2,1H3,(H,13,15). The van der Waals surface area contributed by atoms with E-state index in [-0.39, 0.29) is 23.5 Å². The van der Waals surface area contributed by atoms with E-state index >= 15 is 0 Å². The minimum atomic E-state index is -2.87. The van der Waals surface area contributed by atoms with Crippen molar-refractivity contribution in [2.45, 2.75) is 25.3 Å². The minimum Gasteiger partial charge on any atom is -0.383 e. The smallest absolute Gasteiger partial charge is 0.317 e. The van der Waals surface area contributed by atoms with Crippen LogP contribution in [0.2, 0.25) is 0 Å². The maximum Gasteiger partial charge on any atom is 0.317 e. The molecule has 19 heavy (non-hydrogen) atoms. The number of sulfone groups is 1. The number of amides is 2. The van der Waals surface area contributed by atoms with Gasteiger partial charge in [-0.05, 0) is 25.2 Å². The number of hydrogen-bond acceptors (Lipinski definition) is 4. The van der Waals surface area contributed by atoms with Crippen LogP contribution in [0, 0.1) is 5.92 Å². The fourth-order valence-corrected chi connectivity index (χ4v) is 4.25. The molecule has 1 saturated heterocycles. The van der Waals surface area contributed by atoms with Gasteiger partial charge in [0.05, 0.1) is 18.1 Å². The number of nitrogens with zero attached hydrogens (tertiary/aromatic N) is 1. The number of rotatable bonds is 6. The first-order valence-corrected chi connectivity index (χ1v) is 8.58. The van der Waals surface area contributed by atoms with Crippen LogP contribution in [0.1, 0.15) is 19.3 Å². The Bertz CT molecular complexity index is 419. The monoisotopic (exact) mass is 290 g/mol. The minimum absolute atomic E-state index is 0.0671. The molecule has 2 rings (SSSR count). The number of urea groups is 1. The van der Waals surface area contributed by atoms with Gasteiger partial charge in [-0.15, -0.1) is 0 Å². The fraction of sp³-hybridized carbons (Fsp3) is 0.917. The van der Waals surface area contributed by atoms with Crippen molar-refractivity contribution in [2.24, 2.45) is 5.92 Å². The van der Waals surface area contributed by atoms with Gasteiger partial charge in [0.1, 0.15) is 0 Å². The maximum atomic E-state index is 12.1. The number of carbonyl (C=O) groups is 1. The summed E-state index contributed by atoms with van der Waals surface area (Å²) in [6, 6.07) is 0.242. The van der Waals surface area contributed by atoms with E-state index in [1.165, 1.54) is 0 Å². The van der Waals surface area contributed by atoms with E-state index in [9.17, 15) is 13.2 Å². The molecule has 0 aromatic heterocycles. The van der Waals surface area contributed by atoms with Crippen molar-refractivity contribution >= 4 is 15.9 Å². The molecule has 0 aromatic carbocycles. The Morgan fingerprint density at radius 2 is 2.11 bits per heavy atom. The summed E-state index contributed by atoms with van der Waals surface area (Å²) >= 11 is 0. The van der Waals surface area contributed by atoms with Gasteiger partial charge in [-0.25, -0.2) is 13.2 Å². The molecule has 1 atom stereocenters. The Hall–Kier alpha value is -0.820. The lowest BCUT2D eigenvalue weighted by molar-refractivity contribution is 0.145. The van der Waals surface area contributed by atoms with E-state index in [1.807, 2.05) is 0 Å². The molecule has 2 amide bonds. The molecule has 7 heteroatoms. The number of methoxy groups -OCH3 is 1. The molecular weight excluding hydrogens is 268 g/mol. The van der Waals surface area contributed by atoms with Gasteiger partial charge in [-0.2, -0.15) is 0 Å². The number of ether oxygens (including phenoxy) is 1. The second-order valence-electron chi connectivity index (χ2n) is 5.37. The highest BCUT2D eigenvalue weighted by Gasteiger charge is 2.33. The SMILES string of the molecule is COCCN(C(=O)NCC1CCS(=O)(=O)C1)C1CC1. The lowest BCUT2D eigenvalue weighted by Crippen LogP contribution is -2.44. The van der Waals surface area contributed by atoms with Crippen LogP contribution in [-0.2, 0) is 14.6 Å². The quantitative estimate of drug-likeness (QED) is 0.760. The van der Waals surface area contributed by atoms with Crippen molar-refractivity contribution in [3.63, 3.8) is 0 Å². The van der Waals surface area contributed by atoms with Crippen molar-refractivity contribution in [2.75, 3.05) is 38.3 Å². The normalized spacial score (nSPS) is 25.2. The summed E-state index contributed by atoms with van der Waals surface area (Å²) in [6.45, 7) is 1.58. The third-order valence-electron chi connectivity index (χ3n) is 3.65. The summed E-state index contributed by atoms with van der Waals surface area (Å²) in [7, 11) is -1.25. The third kappa shape index (κ3) is 4.35. The van der Waals surface area contributed by atoms with Crippen LogP contribution in [0.15, 0.2) is 0 Å². The van der Waals surface area contributed by atoms with Crippen LogP contribution < -0.4 is 5.32 Å². The molecule has 1 heterocycles. The lowest BCUT2D eigenvalue weighted by Gasteiger charge is -2.23. The first-order valence-electron chi connectivity index (χ1n) is 6.75. The molecule has 1 unspecified atom stereocenters. The molecule has 1 aliphatic carbocycles. The van der Waals surface area contributed by atoms with Gasteiger partial charge in [-0.1, -0.05) is 0 Å². The molecule has 1 aliphatic heterocycles. The van der Waals surface area contributed by atoms with Gasteiger partial charge in [0.15, 0.2) is 9.84 Å². The highest BCUT2D eigenvalue weighted by Crippen LogP contribution is 2.26. The summed E-state index contributed by atoms with van der Waals surface area (Å²) in [5, 5.41) is 2.86. The van der Waals surface area contributed by atoms with Crippen molar-refractivity contribution in [1.82, 2.24) is 10.2 Å². The number of carbonyl (C=O) groups excluding carboxylic acids is 1. The Balaban J connectivity index is 1.76. The topological polar surface area (TPSA) is 75.7 Å². The van der Waals surface area contributed by atoms with Gasteiger partial charge in [0.2, 0.25) is 0 Å². The molecule has 0 bridgehead atoms. The van der Waals surface area contributed by atoms with Gasteiger partial charge < -0.3 is 15.0 Å². The molecule has 1 saturated carbocycles. The highest BCUT2D eigenvalue weighted by atomic mass is 32.2. The lowest BCUT2D eigenvalue weighted by atomic mass is 10.1. The van der Waals surface area contributed by atoms with Crippen molar-refractivity contribution in [1.29, 1.82) is 0 Å². The van der Waals surface area contributed by atoms with E-state index in [0.717, 1.165) is 12.8 Å². The summed E-state index contributed by atoms with van der Waals surface area (Å²) in [5.74, 6) is 0.524. The van der Waals surface area contributed by atoms with Gasteiger partial charge >= 0.3 is 6.03 Å². The largest absolute Gasteiger partial charge is 0.383 e. The van der Waals surface area contributed by atoms with Crippen molar-refractivity contribution < 1.29 is 17.9 Å². The van der Waals surface area contributed by atoms with Crippen LogP contribution >= 0.6 is 0 Å². The predicted molar refractivity (Wildman–Crippen MR) is 71.8 cm³/mol. The van der Waals surface area contributed by atoms with E-state index in [4.69, 9.17) is 4.74 Å². The van der Waals surface area contributed by atoms with Crippen LogP contribution in [0.3, 0.4) is 0 Å². The molecule has 2 aliphatic rings. The molecule has 0 radical (unpaired) electrons.